The van der Waals surface area contributed by atoms with Gasteiger partial charge in [-0.1, -0.05) is 0 Å². The third kappa shape index (κ3) is 5.97. The number of nitrogens with one attached hydrogen (secondary N) is 1. The molecule has 0 saturated carbocycles. The number of nitrogens with zero attached hydrogens (tertiary/aromatic N) is 1. The Labute approximate surface area is 102 Å². The lowest BCUT2D eigenvalue weighted by Crippen LogP contribution is -2.52. The molecule has 1 unspecified atom stereocenters. The lowest BCUT2D eigenvalue weighted by Gasteiger charge is -2.31. The Morgan fingerprint density at radius 2 is 2.18 bits per heavy atom. The van der Waals surface area contributed by atoms with Crippen LogP contribution in [0.3, 0.4) is 0 Å². The number of carbonyl (C=O) groups is 1. The zero-order valence-corrected chi connectivity index (χ0v) is 10.5. The van der Waals surface area contributed by atoms with Crippen LogP contribution in [0.5, 0.6) is 0 Å². The predicted octanol–water partition coefficient (Wildman–Crippen LogP) is -1.20. The zero-order chi connectivity index (χ0) is 12.5. The van der Waals surface area contributed by atoms with E-state index in [9.17, 15) is 4.79 Å². The van der Waals surface area contributed by atoms with Gasteiger partial charge in [0.2, 0.25) is 5.91 Å². The molecule has 1 fully saturated rings. The smallest absolute Gasteiger partial charge is 0.248 e. The molecule has 1 heterocycles. The number of nitrogens with two attached hydrogens (primary N) is 1. The van der Waals surface area contributed by atoms with E-state index in [1.165, 1.54) is 0 Å². The number of amides is 1. The molecule has 1 aliphatic rings. The highest BCUT2D eigenvalue weighted by atomic mass is 16.5. The number of ether oxygens (including phenoxy) is 2. The van der Waals surface area contributed by atoms with Crippen molar-refractivity contribution in [3.63, 3.8) is 0 Å². The van der Waals surface area contributed by atoms with Gasteiger partial charge in [0.15, 0.2) is 0 Å². The third-order valence-corrected chi connectivity index (χ3v) is 2.58. The summed E-state index contributed by atoms with van der Waals surface area (Å²) < 4.78 is 10.4. The molecule has 1 saturated heterocycles. The maximum atomic E-state index is 11.7. The topological polar surface area (TPSA) is 76.8 Å². The fraction of sp³-hybridized carbons (Fsp3) is 0.909. The second-order valence-corrected chi connectivity index (χ2v) is 4.15. The van der Waals surface area contributed by atoms with Crippen molar-refractivity contribution < 1.29 is 14.3 Å². The minimum atomic E-state index is 0.0529. The van der Waals surface area contributed by atoms with Gasteiger partial charge in [-0.05, 0) is 6.92 Å². The Balaban J connectivity index is 2.04. The molecule has 1 atom stereocenters. The summed E-state index contributed by atoms with van der Waals surface area (Å²) in [5, 5.41) is 3.29. The van der Waals surface area contributed by atoms with Crippen LogP contribution in [0.4, 0.5) is 0 Å². The molecule has 0 spiro atoms. The summed E-state index contributed by atoms with van der Waals surface area (Å²) in [6.07, 6.45) is 0. The molecule has 1 rings (SSSR count). The fourth-order valence-electron chi connectivity index (χ4n) is 1.71. The van der Waals surface area contributed by atoms with Crippen molar-refractivity contribution in [3.8, 4) is 0 Å². The van der Waals surface area contributed by atoms with Gasteiger partial charge in [-0.3, -0.25) is 4.79 Å². The van der Waals surface area contributed by atoms with Gasteiger partial charge in [0.1, 0.15) is 6.61 Å². The highest BCUT2D eigenvalue weighted by molar-refractivity contribution is 5.77. The first-order valence-corrected chi connectivity index (χ1v) is 6.10. The minimum absolute atomic E-state index is 0.0529. The number of rotatable bonds is 7. The van der Waals surface area contributed by atoms with Crippen molar-refractivity contribution in [2.24, 2.45) is 5.73 Å². The van der Waals surface area contributed by atoms with Crippen LogP contribution in [0, 0.1) is 0 Å². The summed E-state index contributed by atoms with van der Waals surface area (Å²) in [6.45, 7) is 6.55. The second kappa shape index (κ2) is 8.41. The van der Waals surface area contributed by atoms with Crippen molar-refractivity contribution in [1.29, 1.82) is 0 Å². The van der Waals surface area contributed by atoms with Crippen molar-refractivity contribution in [3.05, 3.63) is 0 Å². The van der Waals surface area contributed by atoms with Crippen LogP contribution in [0.2, 0.25) is 0 Å². The van der Waals surface area contributed by atoms with E-state index in [1.807, 2.05) is 4.90 Å². The van der Waals surface area contributed by atoms with Crippen LogP contribution in [0.25, 0.3) is 0 Å². The van der Waals surface area contributed by atoms with Crippen molar-refractivity contribution in [2.45, 2.75) is 13.0 Å². The van der Waals surface area contributed by atoms with Crippen LogP contribution in [-0.4, -0.2) is 69.5 Å². The van der Waals surface area contributed by atoms with E-state index in [0.29, 0.717) is 32.4 Å². The molecule has 0 aromatic carbocycles. The summed E-state index contributed by atoms with van der Waals surface area (Å²) in [5.41, 5.74) is 5.27. The van der Waals surface area contributed by atoms with Crippen LogP contribution in [0.15, 0.2) is 0 Å². The average Bonchev–Trinajstić information content (AvgIpc) is 2.33. The average molecular weight is 245 g/mol. The molecule has 0 aliphatic carbocycles. The molecule has 0 aromatic heterocycles. The molecule has 6 heteroatoms. The molecule has 0 radical (unpaired) electrons. The summed E-state index contributed by atoms with van der Waals surface area (Å²) >= 11 is 0. The lowest BCUT2D eigenvalue weighted by atomic mass is 10.2. The summed E-state index contributed by atoms with van der Waals surface area (Å²) in [5.74, 6) is 0.0529. The fourth-order valence-corrected chi connectivity index (χ4v) is 1.71. The molecule has 100 valence electrons. The molecule has 0 aromatic rings. The van der Waals surface area contributed by atoms with E-state index < -0.39 is 0 Å². The summed E-state index contributed by atoms with van der Waals surface area (Å²) in [7, 11) is 0. The molecule has 6 nitrogen and oxygen atoms in total. The maximum Gasteiger partial charge on any atom is 0.248 e. The number of hydrogen-bond donors (Lipinski definition) is 2. The Morgan fingerprint density at radius 1 is 1.41 bits per heavy atom. The van der Waals surface area contributed by atoms with Gasteiger partial charge < -0.3 is 25.4 Å². The van der Waals surface area contributed by atoms with Crippen LogP contribution < -0.4 is 11.1 Å². The second-order valence-electron chi connectivity index (χ2n) is 4.15. The molecule has 0 bridgehead atoms. The zero-order valence-electron chi connectivity index (χ0n) is 10.5. The quantitative estimate of drug-likeness (QED) is 0.551. The van der Waals surface area contributed by atoms with Gasteiger partial charge in [0.25, 0.3) is 0 Å². The lowest BCUT2D eigenvalue weighted by molar-refractivity contribution is -0.137. The molecular weight excluding hydrogens is 222 g/mol. The van der Waals surface area contributed by atoms with Crippen molar-refractivity contribution in [1.82, 2.24) is 10.2 Å². The Hall–Kier alpha value is -0.690. The van der Waals surface area contributed by atoms with Gasteiger partial charge in [-0.25, -0.2) is 0 Å². The van der Waals surface area contributed by atoms with Gasteiger partial charge in [0.05, 0.1) is 19.8 Å². The van der Waals surface area contributed by atoms with Crippen LogP contribution in [-0.2, 0) is 14.3 Å². The van der Waals surface area contributed by atoms with E-state index in [-0.39, 0.29) is 12.5 Å². The Morgan fingerprint density at radius 3 is 2.88 bits per heavy atom. The first-order chi connectivity index (χ1) is 8.24. The van der Waals surface area contributed by atoms with E-state index in [0.717, 1.165) is 19.6 Å². The number of carbonyl (C=O) groups excluding carboxylic acids is 1. The van der Waals surface area contributed by atoms with Gasteiger partial charge in [-0.15, -0.1) is 0 Å². The first-order valence-electron chi connectivity index (χ1n) is 6.10. The van der Waals surface area contributed by atoms with E-state index in [1.54, 1.807) is 0 Å². The van der Waals surface area contributed by atoms with E-state index in [2.05, 4.69) is 12.2 Å². The standard InChI is InChI=1S/C11H23N3O3/c1-10-8-14(4-3-13-10)11(15)9-17-7-6-16-5-2-12/h10,13H,2-9,12H2,1H3. The van der Waals surface area contributed by atoms with Gasteiger partial charge in [-0.2, -0.15) is 0 Å². The number of piperazine rings is 1. The van der Waals surface area contributed by atoms with Crippen molar-refractivity contribution >= 4 is 5.91 Å². The molecule has 1 aliphatic heterocycles. The highest BCUT2D eigenvalue weighted by Crippen LogP contribution is 1.99. The van der Waals surface area contributed by atoms with Crippen LogP contribution >= 0.6 is 0 Å². The maximum absolute atomic E-state index is 11.7. The first kappa shape index (κ1) is 14.4. The Kier molecular flexibility index (Phi) is 7.11. The molecule has 1 amide bonds. The molecule has 17 heavy (non-hydrogen) atoms. The number of hydrogen-bond acceptors (Lipinski definition) is 5. The van der Waals surface area contributed by atoms with E-state index in [4.69, 9.17) is 15.2 Å². The summed E-state index contributed by atoms with van der Waals surface area (Å²) in [6, 6.07) is 0.362. The largest absolute Gasteiger partial charge is 0.378 e. The summed E-state index contributed by atoms with van der Waals surface area (Å²) in [4.78, 5) is 13.6. The molecule has 3 N–H and O–H groups in total. The SMILES string of the molecule is CC1CN(C(=O)COCCOCCN)CCN1. The van der Waals surface area contributed by atoms with Crippen molar-refractivity contribution in [2.75, 3.05) is 52.6 Å². The Bertz CT molecular complexity index is 226. The highest BCUT2D eigenvalue weighted by Gasteiger charge is 2.19. The van der Waals surface area contributed by atoms with Crippen LogP contribution in [0.1, 0.15) is 6.92 Å². The third-order valence-electron chi connectivity index (χ3n) is 2.58. The minimum Gasteiger partial charge on any atom is -0.378 e. The normalized spacial score (nSPS) is 20.6. The molecular formula is C11H23N3O3. The monoisotopic (exact) mass is 245 g/mol. The van der Waals surface area contributed by atoms with E-state index >= 15 is 0 Å². The predicted molar refractivity (Wildman–Crippen MR) is 64.7 cm³/mol. The van der Waals surface area contributed by atoms with Gasteiger partial charge in [0, 0.05) is 32.2 Å². The van der Waals surface area contributed by atoms with Gasteiger partial charge >= 0.3 is 0 Å².